The maximum Gasteiger partial charge on any atom is 0.258 e. The van der Waals surface area contributed by atoms with Gasteiger partial charge in [-0.2, -0.15) is 0 Å². The van der Waals surface area contributed by atoms with E-state index in [2.05, 4.69) is 21.2 Å². The van der Waals surface area contributed by atoms with Gasteiger partial charge in [0.15, 0.2) is 6.61 Å². The lowest BCUT2D eigenvalue weighted by atomic mass is 10.3. The minimum Gasteiger partial charge on any atom is -0.483 e. The number of nitrogens with one attached hydrogen (secondary N) is 1. The van der Waals surface area contributed by atoms with E-state index in [9.17, 15) is 4.79 Å². The second-order valence-electron chi connectivity index (χ2n) is 3.77. The molecule has 5 nitrogen and oxygen atoms in total. The van der Waals surface area contributed by atoms with Crippen LogP contribution in [0.5, 0.6) is 5.75 Å². The van der Waals surface area contributed by atoms with Crippen LogP contribution in [0.25, 0.3) is 0 Å². The number of benzene rings is 1. The third kappa shape index (κ3) is 5.78. The molecule has 106 valence electrons. The van der Waals surface area contributed by atoms with Gasteiger partial charge in [-0.15, -0.1) is 0 Å². The van der Waals surface area contributed by atoms with E-state index in [4.69, 9.17) is 26.2 Å². The average molecular weight is 353 g/mol. The first-order valence-electron chi connectivity index (χ1n) is 5.53. The van der Waals surface area contributed by atoms with Crippen LogP contribution in [0.3, 0.4) is 0 Å². The van der Waals surface area contributed by atoms with Gasteiger partial charge in [0.25, 0.3) is 5.91 Å². The predicted molar refractivity (Wildman–Crippen MR) is 75.5 cm³/mol. The van der Waals surface area contributed by atoms with E-state index in [1.54, 1.807) is 18.2 Å². The summed E-state index contributed by atoms with van der Waals surface area (Å²) < 4.78 is 10.9. The zero-order valence-electron chi connectivity index (χ0n) is 10.4. The van der Waals surface area contributed by atoms with Crippen molar-refractivity contribution in [1.82, 2.24) is 5.32 Å². The monoisotopic (exact) mass is 351 g/mol. The van der Waals surface area contributed by atoms with E-state index < -0.39 is 6.04 Å². The van der Waals surface area contributed by atoms with Crippen LogP contribution in [0, 0.1) is 0 Å². The number of carbonyl (C=O) groups excluding carboxylic acids is 1. The van der Waals surface area contributed by atoms with Crippen LogP contribution >= 0.6 is 27.5 Å². The summed E-state index contributed by atoms with van der Waals surface area (Å²) in [4.78, 5) is 11.6. The van der Waals surface area contributed by atoms with Crippen LogP contribution in [0.2, 0.25) is 5.02 Å². The Bertz CT molecular complexity index is 430. The maximum atomic E-state index is 11.6. The lowest BCUT2D eigenvalue weighted by Gasteiger charge is -2.15. The molecule has 1 amide bonds. The fraction of sp³-hybridized carbons (Fsp3) is 0.417. The van der Waals surface area contributed by atoms with E-state index in [0.717, 1.165) is 0 Å². The van der Waals surface area contributed by atoms with Crippen LogP contribution < -0.4 is 10.1 Å². The van der Waals surface area contributed by atoms with Crippen LogP contribution in [-0.2, 0) is 9.53 Å². The van der Waals surface area contributed by atoms with Gasteiger partial charge in [-0.25, -0.2) is 0 Å². The largest absolute Gasteiger partial charge is 0.483 e. The van der Waals surface area contributed by atoms with Gasteiger partial charge in [0, 0.05) is 12.1 Å². The zero-order chi connectivity index (χ0) is 14.3. The lowest BCUT2D eigenvalue weighted by Crippen LogP contribution is -2.42. The van der Waals surface area contributed by atoms with E-state index in [0.29, 0.717) is 15.2 Å². The molecular weight excluding hydrogens is 337 g/mol. The number of hydrogen-bond donors (Lipinski definition) is 2. The number of halogens is 2. The first-order valence-corrected chi connectivity index (χ1v) is 6.71. The van der Waals surface area contributed by atoms with Crippen molar-refractivity contribution in [2.24, 2.45) is 0 Å². The van der Waals surface area contributed by atoms with Crippen molar-refractivity contribution in [2.45, 2.75) is 6.04 Å². The molecule has 0 aliphatic carbocycles. The highest BCUT2D eigenvalue weighted by atomic mass is 79.9. The number of amides is 1. The predicted octanol–water partition coefficient (Wildman–Crippen LogP) is 1.60. The SMILES string of the molecule is COCC(CO)NC(=O)COc1ccc(Cl)cc1Br. The molecule has 1 rings (SSSR count). The summed E-state index contributed by atoms with van der Waals surface area (Å²) in [6.45, 7) is -0.0997. The molecule has 0 radical (unpaired) electrons. The van der Waals surface area contributed by atoms with Crippen molar-refractivity contribution in [3.63, 3.8) is 0 Å². The number of rotatable bonds is 7. The molecule has 0 saturated carbocycles. The number of ether oxygens (including phenoxy) is 2. The molecule has 0 fully saturated rings. The summed E-state index contributed by atoms with van der Waals surface area (Å²) in [6, 6.07) is 4.57. The van der Waals surface area contributed by atoms with Crippen LogP contribution in [0.4, 0.5) is 0 Å². The average Bonchev–Trinajstić information content (AvgIpc) is 2.37. The van der Waals surface area contributed by atoms with Gasteiger partial charge in [0.1, 0.15) is 5.75 Å². The van der Waals surface area contributed by atoms with Crippen LogP contribution in [0.15, 0.2) is 22.7 Å². The maximum absolute atomic E-state index is 11.6. The highest BCUT2D eigenvalue weighted by Gasteiger charge is 2.12. The zero-order valence-corrected chi connectivity index (χ0v) is 12.7. The quantitative estimate of drug-likeness (QED) is 0.782. The smallest absolute Gasteiger partial charge is 0.258 e. The number of methoxy groups -OCH3 is 1. The Balaban J connectivity index is 2.45. The van der Waals surface area contributed by atoms with Gasteiger partial charge in [-0.1, -0.05) is 11.6 Å². The normalized spacial score (nSPS) is 12.0. The third-order valence-corrected chi connectivity index (χ3v) is 3.06. The summed E-state index contributed by atoms with van der Waals surface area (Å²) in [5.41, 5.74) is 0. The third-order valence-electron chi connectivity index (χ3n) is 2.21. The summed E-state index contributed by atoms with van der Waals surface area (Å²) in [5.74, 6) is 0.185. The van der Waals surface area contributed by atoms with Gasteiger partial charge in [-0.3, -0.25) is 4.79 Å². The first-order chi connectivity index (χ1) is 9.06. The van der Waals surface area contributed by atoms with Gasteiger partial charge in [-0.05, 0) is 34.1 Å². The fourth-order valence-corrected chi connectivity index (χ4v) is 2.14. The standard InChI is InChI=1S/C12H15BrClNO4/c1-18-6-9(5-16)15-12(17)7-19-11-3-2-8(14)4-10(11)13/h2-4,9,16H,5-7H2,1H3,(H,15,17). The van der Waals surface area contributed by atoms with Gasteiger partial charge in [0.2, 0.25) is 0 Å². The van der Waals surface area contributed by atoms with Crippen molar-refractivity contribution in [3.05, 3.63) is 27.7 Å². The van der Waals surface area contributed by atoms with E-state index in [-0.39, 0.29) is 25.7 Å². The molecule has 0 heterocycles. The Labute approximate surface area is 125 Å². The summed E-state index contributed by atoms with van der Waals surface area (Å²) in [6.07, 6.45) is 0. The molecule has 0 aliphatic heterocycles. The van der Waals surface area contributed by atoms with E-state index >= 15 is 0 Å². The van der Waals surface area contributed by atoms with Gasteiger partial charge >= 0.3 is 0 Å². The van der Waals surface area contributed by atoms with Crippen molar-refractivity contribution in [3.8, 4) is 5.75 Å². The first kappa shape index (κ1) is 16.2. The Hall–Kier alpha value is -0.820. The number of aliphatic hydroxyl groups excluding tert-OH is 1. The van der Waals surface area contributed by atoms with Crippen molar-refractivity contribution in [1.29, 1.82) is 0 Å². The van der Waals surface area contributed by atoms with Gasteiger partial charge in [0.05, 0.1) is 23.7 Å². The van der Waals surface area contributed by atoms with Crippen molar-refractivity contribution in [2.75, 3.05) is 26.9 Å². The topological polar surface area (TPSA) is 67.8 Å². The van der Waals surface area contributed by atoms with Gasteiger partial charge < -0.3 is 19.9 Å². The van der Waals surface area contributed by atoms with Crippen molar-refractivity contribution >= 4 is 33.4 Å². The minimum absolute atomic E-state index is 0.152. The lowest BCUT2D eigenvalue weighted by molar-refractivity contribution is -0.124. The summed E-state index contributed by atoms with van der Waals surface area (Å²) in [5, 5.41) is 12.2. The second-order valence-corrected chi connectivity index (χ2v) is 5.06. The molecular formula is C12H15BrClNO4. The van der Waals surface area contributed by atoms with Crippen LogP contribution in [0.1, 0.15) is 0 Å². The Kier molecular flexibility index (Phi) is 7.15. The molecule has 0 bridgehead atoms. The number of aliphatic hydroxyl groups is 1. The minimum atomic E-state index is -0.435. The summed E-state index contributed by atoms with van der Waals surface area (Å²) >= 11 is 9.08. The Morgan fingerprint density at radius 1 is 1.58 bits per heavy atom. The molecule has 0 saturated heterocycles. The molecule has 7 heteroatoms. The highest BCUT2D eigenvalue weighted by Crippen LogP contribution is 2.27. The molecule has 19 heavy (non-hydrogen) atoms. The second kappa shape index (κ2) is 8.37. The number of carbonyl (C=O) groups is 1. The molecule has 0 aliphatic rings. The summed E-state index contributed by atoms with van der Waals surface area (Å²) in [7, 11) is 1.50. The number of hydrogen-bond acceptors (Lipinski definition) is 4. The molecule has 0 aromatic heterocycles. The van der Waals surface area contributed by atoms with E-state index in [1.165, 1.54) is 7.11 Å². The fourth-order valence-electron chi connectivity index (χ4n) is 1.35. The Morgan fingerprint density at radius 3 is 2.89 bits per heavy atom. The van der Waals surface area contributed by atoms with Crippen LogP contribution in [-0.4, -0.2) is 44.0 Å². The molecule has 1 aromatic carbocycles. The molecule has 1 unspecified atom stereocenters. The molecule has 1 atom stereocenters. The molecule has 1 aromatic rings. The van der Waals surface area contributed by atoms with E-state index in [1.807, 2.05) is 0 Å². The molecule has 2 N–H and O–H groups in total. The molecule has 0 spiro atoms. The Morgan fingerprint density at radius 2 is 2.32 bits per heavy atom. The van der Waals surface area contributed by atoms with Crippen molar-refractivity contribution < 1.29 is 19.4 Å². The highest BCUT2D eigenvalue weighted by molar-refractivity contribution is 9.10.